The van der Waals surface area contributed by atoms with E-state index in [2.05, 4.69) is 41.8 Å². The number of nitrogens with zero attached hydrogens (tertiary/aromatic N) is 2. The molecule has 3 nitrogen and oxygen atoms in total. The van der Waals surface area contributed by atoms with Crippen LogP contribution in [0.4, 0.5) is 0 Å². The van der Waals surface area contributed by atoms with Gasteiger partial charge in [0.1, 0.15) is 5.82 Å². The molecule has 0 atom stereocenters. The molecule has 0 fully saturated rings. The van der Waals surface area contributed by atoms with Crippen molar-refractivity contribution >= 4 is 0 Å². The minimum absolute atomic E-state index is 0.612. The zero-order valence-corrected chi connectivity index (χ0v) is 10.2. The first-order chi connectivity index (χ1) is 7.20. The summed E-state index contributed by atoms with van der Waals surface area (Å²) in [6.45, 7) is 8.68. The van der Waals surface area contributed by atoms with Crippen LogP contribution >= 0.6 is 0 Å². The van der Waals surface area contributed by atoms with E-state index in [-0.39, 0.29) is 0 Å². The Labute approximate surface area is 92.9 Å². The molecule has 0 spiro atoms. The van der Waals surface area contributed by atoms with Crippen molar-refractivity contribution in [1.82, 2.24) is 14.9 Å². The predicted octanol–water partition coefficient (Wildman–Crippen LogP) is 2.36. The van der Waals surface area contributed by atoms with Gasteiger partial charge >= 0.3 is 0 Å². The smallest absolute Gasteiger partial charge is 0.105 e. The third-order valence-corrected chi connectivity index (χ3v) is 2.55. The van der Waals surface area contributed by atoms with Gasteiger partial charge in [0.25, 0.3) is 0 Å². The molecule has 1 aromatic heterocycles. The summed E-state index contributed by atoms with van der Waals surface area (Å²) in [5.74, 6) is 1.12. The van der Waals surface area contributed by atoms with Crippen LogP contribution in [0.2, 0.25) is 0 Å². The van der Waals surface area contributed by atoms with E-state index in [4.69, 9.17) is 0 Å². The summed E-state index contributed by atoms with van der Waals surface area (Å²) in [5, 5.41) is 3.43. The monoisotopic (exact) mass is 209 g/mol. The number of nitrogens with one attached hydrogen (secondary N) is 1. The molecule has 1 heterocycles. The van der Waals surface area contributed by atoms with E-state index in [9.17, 15) is 0 Å². The Hall–Kier alpha value is -0.830. The minimum atomic E-state index is 0.612. The number of aromatic nitrogens is 2. The van der Waals surface area contributed by atoms with Crippen LogP contribution in [0.25, 0.3) is 0 Å². The summed E-state index contributed by atoms with van der Waals surface area (Å²) < 4.78 is 2.22. The number of aryl methyl sites for hydroxylation is 2. The van der Waals surface area contributed by atoms with Gasteiger partial charge in [0.15, 0.2) is 0 Å². The van der Waals surface area contributed by atoms with Crippen LogP contribution in [0.1, 0.15) is 38.9 Å². The number of hydrogen-bond donors (Lipinski definition) is 1. The summed E-state index contributed by atoms with van der Waals surface area (Å²) in [7, 11) is 0. The van der Waals surface area contributed by atoms with Crippen LogP contribution < -0.4 is 5.32 Å². The first-order valence-electron chi connectivity index (χ1n) is 5.91. The maximum Gasteiger partial charge on any atom is 0.105 e. The van der Waals surface area contributed by atoms with Crippen molar-refractivity contribution in [2.45, 2.75) is 52.6 Å². The van der Waals surface area contributed by atoms with Gasteiger partial charge in [-0.05, 0) is 26.3 Å². The average Bonchev–Trinajstić information content (AvgIpc) is 2.57. The molecular weight excluding hydrogens is 186 g/mol. The van der Waals surface area contributed by atoms with Gasteiger partial charge in [-0.1, -0.05) is 20.3 Å². The lowest BCUT2D eigenvalue weighted by Crippen LogP contribution is -2.23. The lowest BCUT2D eigenvalue weighted by atomic mass is 10.2. The minimum Gasteiger partial charge on any atom is -0.335 e. The fourth-order valence-corrected chi connectivity index (χ4v) is 1.61. The summed E-state index contributed by atoms with van der Waals surface area (Å²) in [6.07, 6.45) is 7.73. The van der Waals surface area contributed by atoms with E-state index in [0.717, 1.165) is 18.9 Å². The topological polar surface area (TPSA) is 29.9 Å². The van der Waals surface area contributed by atoms with E-state index >= 15 is 0 Å². The second kappa shape index (κ2) is 6.62. The quantitative estimate of drug-likeness (QED) is 0.699. The lowest BCUT2D eigenvalue weighted by Gasteiger charge is -2.08. The largest absolute Gasteiger partial charge is 0.335 e. The molecule has 1 rings (SSSR count). The average molecular weight is 209 g/mol. The van der Waals surface area contributed by atoms with Gasteiger partial charge in [-0.2, -0.15) is 0 Å². The molecule has 1 aromatic rings. The van der Waals surface area contributed by atoms with Crippen molar-refractivity contribution < 1.29 is 0 Å². The van der Waals surface area contributed by atoms with Crippen LogP contribution in [-0.4, -0.2) is 22.1 Å². The Morgan fingerprint density at radius 3 is 2.73 bits per heavy atom. The number of imidazole rings is 1. The van der Waals surface area contributed by atoms with Crippen LogP contribution in [-0.2, 0) is 6.54 Å². The van der Waals surface area contributed by atoms with Crippen molar-refractivity contribution in [2.24, 2.45) is 0 Å². The first kappa shape index (κ1) is 12.2. The fourth-order valence-electron chi connectivity index (χ4n) is 1.61. The van der Waals surface area contributed by atoms with Gasteiger partial charge < -0.3 is 9.88 Å². The van der Waals surface area contributed by atoms with Crippen molar-refractivity contribution in [2.75, 3.05) is 6.54 Å². The van der Waals surface area contributed by atoms with Gasteiger partial charge in [-0.15, -0.1) is 0 Å². The van der Waals surface area contributed by atoms with E-state index < -0.39 is 0 Å². The second-order valence-electron chi connectivity index (χ2n) is 4.34. The molecule has 0 amide bonds. The third kappa shape index (κ3) is 4.98. The fraction of sp³-hybridized carbons (Fsp3) is 0.750. The predicted molar refractivity (Wildman–Crippen MR) is 64.0 cm³/mol. The highest BCUT2D eigenvalue weighted by atomic mass is 15.0. The molecule has 15 heavy (non-hydrogen) atoms. The maximum atomic E-state index is 4.21. The van der Waals surface area contributed by atoms with E-state index in [1.807, 2.05) is 6.20 Å². The van der Waals surface area contributed by atoms with Gasteiger partial charge in [0, 0.05) is 25.0 Å². The molecular formula is C12H23N3. The first-order valence-corrected chi connectivity index (χ1v) is 5.91. The summed E-state index contributed by atoms with van der Waals surface area (Å²) in [4.78, 5) is 4.21. The Bertz CT molecular complexity index is 266. The van der Waals surface area contributed by atoms with Crippen molar-refractivity contribution in [1.29, 1.82) is 0 Å². The summed E-state index contributed by atoms with van der Waals surface area (Å²) in [5.41, 5.74) is 0. The standard InChI is InChI=1S/C12H23N3/c1-11(2)13-7-5-4-6-9-15-10-8-14-12(15)3/h8,10-11,13H,4-7,9H2,1-3H3. The molecule has 0 radical (unpaired) electrons. The normalized spacial score (nSPS) is 11.2. The van der Waals surface area contributed by atoms with Crippen LogP contribution in [0, 0.1) is 6.92 Å². The highest BCUT2D eigenvalue weighted by Crippen LogP contribution is 2.01. The Balaban J connectivity index is 2.00. The molecule has 0 saturated carbocycles. The van der Waals surface area contributed by atoms with E-state index in [1.54, 1.807) is 0 Å². The molecule has 0 aliphatic carbocycles. The molecule has 1 N–H and O–H groups in total. The maximum absolute atomic E-state index is 4.21. The Morgan fingerprint density at radius 2 is 2.13 bits per heavy atom. The zero-order chi connectivity index (χ0) is 11.1. The van der Waals surface area contributed by atoms with Crippen molar-refractivity contribution in [3.63, 3.8) is 0 Å². The summed E-state index contributed by atoms with van der Waals surface area (Å²) in [6, 6.07) is 0.612. The molecule has 0 aliphatic rings. The molecule has 0 bridgehead atoms. The van der Waals surface area contributed by atoms with Crippen molar-refractivity contribution in [3.8, 4) is 0 Å². The lowest BCUT2D eigenvalue weighted by molar-refractivity contribution is 0.525. The Kier molecular flexibility index (Phi) is 5.40. The third-order valence-electron chi connectivity index (χ3n) is 2.55. The second-order valence-corrected chi connectivity index (χ2v) is 4.34. The van der Waals surface area contributed by atoms with Crippen LogP contribution in [0.5, 0.6) is 0 Å². The zero-order valence-electron chi connectivity index (χ0n) is 10.2. The molecule has 0 unspecified atom stereocenters. The van der Waals surface area contributed by atoms with Crippen LogP contribution in [0.15, 0.2) is 12.4 Å². The molecule has 86 valence electrons. The van der Waals surface area contributed by atoms with Gasteiger partial charge in [-0.3, -0.25) is 0 Å². The van der Waals surface area contributed by atoms with Crippen LogP contribution in [0.3, 0.4) is 0 Å². The Morgan fingerprint density at radius 1 is 1.33 bits per heavy atom. The summed E-state index contributed by atoms with van der Waals surface area (Å²) >= 11 is 0. The number of unbranched alkanes of at least 4 members (excludes halogenated alkanes) is 2. The van der Waals surface area contributed by atoms with Gasteiger partial charge in [0.05, 0.1) is 0 Å². The van der Waals surface area contributed by atoms with Gasteiger partial charge in [0.2, 0.25) is 0 Å². The number of rotatable bonds is 7. The van der Waals surface area contributed by atoms with E-state index in [1.165, 1.54) is 19.3 Å². The highest BCUT2D eigenvalue weighted by Gasteiger charge is 1.96. The molecule has 3 heteroatoms. The highest BCUT2D eigenvalue weighted by molar-refractivity contribution is 4.87. The van der Waals surface area contributed by atoms with Gasteiger partial charge in [-0.25, -0.2) is 4.98 Å². The number of hydrogen-bond acceptors (Lipinski definition) is 2. The van der Waals surface area contributed by atoms with E-state index in [0.29, 0.717) is 6.04 Å². The SMILES string of the molecule is Cc1nccn1CCCCCNC(C)C. The molecule has 0 aromatic carbocycles. The molecule has 0 aliphatic heterocycles. The van der Waals surface area contributed by atoms with Crippen molar-refractivity contribution in [3.05, 3.63) is 18.2 Å². The molecule has 0 saturated heterocycles.